The van der Waals surface area contributed by atoms with Crippen LogP contribution in [0.5, 0.6) is 0 Å². The van der Waals surface area contributed by atoms with E-state index in [0.717, 1.165) is 30.6 Å². The number of aliphatic hydroxyl groups is 1. The van der Waals surface area contributed by atoms with Gasteiger partial charge >= 0.3 is 11.9 Å². The first-order valence-corrected chi connectivity index (χ1v) is 10.6. The molecule has 3 aliphatic carbocycles. The molecule has 6 heteroatoms. The van der Waals surface area contributed by atoms with Gasteiger partial charge in [0.05, 0.1) is 25.4 Å². The van der Waals surface area contributed by atoms with Gasteiger partial charge in [-0.1, -0.05) is 27.2 Å². The lowest BCUT2D eigenvalue weighted by Crippen LogP contribution is -2.66. The number of hydrogen-bond donors (Lipinski definition) is 1. The van der Waals surface area contributed by atoms with Crippen molar-refractivity contribution < 1.29 is 28.6 Å². The van der Waals surface area contributed by atoms with Crippen LogP contribution in [0.2, 0.25) is 0 Å². The van der Waals surface area contributed by atoms with Crippen molar-refractivity contribution in [3.8, 4) is 0 Å². The molecule has 1 heterocycles. The van der Waals surface area contributed by atoms with Gasteiger partial charge in [-0.3, -0.25) is 9.59 Å². The Hall–Kier alpha value is -1.82. The van der Waals surface area contributed by atoms with Crippen molar-refractivity contribution in [3.63, 3.8) is 0 Å². The summed E-state index contributed by atoms with van der Waals surface area (Å²) >= 11 is 0. The summed E-state index contributed by atoms with van der Waals surface area (Å²) in [6.07, 6.45) is 3.76. The summed E-state index contributed by atoms with van der Waals surface area (Å²) in [5.41, 5.74) is 0.499. The molecule has 2 saturated carbocycles. The van der Waals surface area contributed by atoms with Crippen molar-refractivity contribution >= 4 is 11.9 Å². The number of carbonyl (C=O) groups is 2. The van der Waals surface area contributed by atoms with E-state index in [2.05, 4.69) is 20.8 Å². The van der Waals surface area contributed by atoms with Gasteiger partial charge < -0.3 is 19.0 Å². The smallest absolute Gasteiger partial charge is 0.313 e. The van der Waals surface area contributed by atoms with Gasteiger partial charge in [-0.15, -0.1) is 0 Å². The topological polar surface area (TPSA) is 86.0 Å². The summed E-state index contributed by atoms with van der Waals surface area (Å²) in [4.78, 5) is 24.9. The number of aliphatic hydroxyl groups excluding tert-OH is 1. The van der Waals surface area contributed by atoms with E-state index >= 15 is 0 Å². The molecule has 7 atom stereocenters. The van der Waals surface area contributed by atoms with E-state index in [4.69, 9.17) is 13.9 Å². The molecule has 6 nitrogen and oxygen atoms in total. The molecule has 4 rings (SSSR count). The Bertz CT molecular complexity index is 810. The van der Waals surface area contributed by atoms with Crippen LogP contribution in [0.15, 0.2) is 16.7 Å². The molecule has 0 saturated heterocycles. The summed E-state index contributed by atoms with van der Waals surface area (Å²) in [6.45, 7) is 8.00. The molecule has 3 aliphatic rings. The molecule has 29 heavy (non-hydrogen) atoms. The number of rotatable bonds is 2. The molecule has 0 aliphatic heterocycles. The van der Waals surface area contributed by atoms with Crippen LogP contribution in [-0.4, -0.2) is 36.4 Å². The van der Waals surface area contributed by atoms with Crippen molar-refractivity contribution in [2.24, 2.45) is 28.6 Å². The molecule has 0 spiro atoms. The average Bonchev–Trinajstić information content (AvgIpc) is 3.10. The Balaban J connectivity index is 1.90. The third-order valence-electron chi connectivity index (χ3n) is 8.12. The molecular weight excluding hydrogens is 372 g/mol. The van der Waals surface area contributed by atoms with Crippen LogP contribution in [0.4, 0.5) is 0 Å². The summed E-state index contributed by atoms with van der Waals surface area (Å²) in [5.74, 6) is -0.957. The summed E-state index contributed by atoms with van der Waals surface area (Å²) in [5, 5.41) is 11.6. The molecule has 1 N–H and O–H groups in total. The minimum atomic E-state index is -0.832. The molecule has 2 fully saturated rings. The van der Waals surface area contributed by atoms with E-state index in [0.29, 0.717) is 6.42 Å². The van der Waals surface area contributed by atoms with Crippen LogP contribution >= 0.6 is 0 Å². The lowest BCUT2D eigenvalue weighted by Gasteiger charge is -2.64. The molecule has 160 valence electrons. The number of ether oxygens (including phenoxy) is 2. The van der Waals surface area contributed by atoms with Crippen molar-refractivity contribution in [2.75, 3.05) is 7.11 Å². The van der Waals surface area contributed by atoms with Gasteiger partial charge in [-0.25, -0.2) is 0 Å². The minimum absolute atomic E-state index is 0.0378. The van der Waals surface area contributed by atoms with Crippen molar-refractivity contribution in [3.05, 3.63) is 23.7 Å². The van der Waals surface area contributed by atoms with Crippen LogP contribution in [0.1, 0.15) is 64.2 Å². The SMILES string of the molecule is COC(=O)[C@@H]1c2ccoc2C[C@H]2[C@H]1[C@@H](OC(C)=O)[C@H](O)[C@H]1C(C)(C)CCC[C@]21C. The normalized spacial score (nSPS) is 40.2. The fourth-order valence-corrected chi connectivity index (χ4v) is 7.23. The zero-order valence-electron chi connectivity index (χ0n) is 17.9. The lowest BCUT2D eigenvalue weighted by atomic mass is 9.42. The molecule has 1 aromatic rings. The second-order valence-electron chi connectivity index (χ2n) is 10.1. The molecule has 1 aromatic heterocycles. The standard InChI is InChI=1S/C23H32O6/c1-12(24)29-19-17-14(11-15-13(7-10-28-15)16(17)21(26)27-5)23(4)9-6-8-22(2,3)20(23)18(19)25/h7,10,14,16-20,25H,6,8-9,11H2,1-5H3/t14-,16+,17+,18-,19+,20-,23+/m0/s1. The maximum atomic E-state index is 12.9. The average molecular weight is 405 g/mol. The number of furan rings is 1. The van der Waals surface area contributed by atoms with E-state index in [1.54, 1.807) is 6.26 Å². The van der Waals surface area contributed by atoms with Gasteiger partial charge in [0.15, 0.2) is 0 Å². The Labute approximate surface area is 171 Å². The molecule has 0 amide bonds. The highest BCUT2D eigenvalue weighted by Crippen LogP contribution is 2.65. The third kappa shape index (κ3) is 2.94. The third-order valence-corrected chi connectivity index (χ3v) is 8.12. The van der Waals surface area contributed by atoms with Crippen LogP contribution in [0, 0.1) is 28.6 Å². The first-order valence-electron chi connectivity index (χ1n) is 10.6. The second kappa shape index (κ2) is 6.86. The summed E-state index contributed by atoms with van der Waals surface area (Å²) in [6, 6.07) is 1.81. The number of carbonyl (C=O) groups excluding carboxylic acids is 2. The van der Waals surface area contributed by atoms with E-state index in [1.807, 2.05) is 6.07 Å². The maximum Gasteiger partial charge on any atom is 0.313 e. The van der Waals surface area contributed by atoms with Crippen LogP contribution in [-0.2, 0) is 25.5 Å². The first-order chi connectivity index (χ1) is 13.6. The Morgan fingerprint density at radius 1 is 1.24 bits per heavy atom. The van der Waals surface area contributed by atoms with Gasteiger partial charge in [0.2, 0.25) is 0 Å². The largest absolute Gasteiger partial charge is 0.469 e. The van der Waals surface area contributed by atoms with Crippen LogP contribution in [0.3, 0.4) is 0 Å². The monoisotopic (exact) mass is 404 g/mol. The Morgan fingerprint density at radius 2 is 1.97 bits per heavy atom. The highest BCUT2D eigenvalue weighted by Gasteiger charge is 2.66. The van der Waals surface area contributed by atoms with Crippen LogP contribution < -0.4 is 0 Å². The molecule has 0 unspecified atom stereocenters. The zero-order valence-corrected chi connectivity index (χ0v) is 17.9. The second-order valence-corrected chi connectivity index (χ2v) is 10.1. The van der Waals surface area contributed by atoms with E-state index in [-0.39, 0.29) is 34.6 Å². The minimum Gasteiger partial charge on any atom is -0.469 e. The molecule has 0 bridgehead atoms. The summed E-state index contributed by atoms with van der Waals surface area (Å²) < 4.78 is 16.7. The maximum absolute atomic E-state index is 12.9. The summed E-state index contributed by atoms with van der Waals surface area (Å²) in [7, 11) is 1.38. The number of methoxy groups -OCH3 is 1. The Morgan fingerprint density at radius 3 is 2.62 bits per heavy atom. The molecular formula is C23H32O6. The van der Waals surface area contributed by atoms with Gasteiger partial charge in [0, 0.05) is 24.8 Å². The van der Waals surface area contributed by atoms with Crippen molar-refractivity contribution in [1.82, 2.24) is 0 Å². The van der Waals surface area contributed by atoms with Crippen molar-refractivity contribution in [1.29, 1.82) is 0 Å². The highest BCUT2D eigenvalue weighted by atomic mass is 16.6. The highest BCUT2D eigenvalue weighted by molar-refractivity contribution is 5.79. The Kier molecular flexibility index (Phi) is 4.84. The van der Waals surface area contributed by atoms with E-state index in [9.17, 15) is 14.7 Å². The number of hydrogen-bond acceptors (Lipinski definition) is 6. The van der Waals surface area contributed by atoms with Crippen LogP contribution in [0.25, 0.3) is 0 Å². The molecule has 0 aromatic carbocycles. The zero-order chi connectivity index (χ0) is 21.1. The predicted octanol–water partition coefficient (Wildman–Crippen LogP) is 3.46. The fourth-order valence-electron chi connectivity index (χ4n) is 7.23. The van der Waals surface area contributed by atoms with Gasteiger partial charge in [-0.2, -0.15) is 0 Å². The number of fused-ring (bicyclic) bond motifs is 4. The van der Waals surface area contributed by atoms with Gasteiger partial charge in [0.25, 0.3) is 0 Å². The first kappa shape index (κ1) is 20.5. The lowest BCUT2D eigenvalue weighted by molar-refractivity contribution is -0.229. The number of esters is 2. The van der Waals surface area contributed by atoms with Gasteiger partial charge in [-0.05, 0) is 41.6 Å². The van der Waals surface area contributed by atoms with Gasteiger partial charge in [0.1, 0.15) is 11.9 Å². The molecule has 0 radical (unpaired) electrons. The fraction of sp³-hybridized carbons (Fsp3) is 0.739. The van der Waals surface area contributed by atoms with Crippen molar-refractivity contribution in [2.45, 2.75) is 71.5 Å². The van der Waals surface area contributed by atoms with E-state index < -0.39 is 24.1 Å². The predicted molar refractivity (Wildman–Crippen MR) is 105 cm³/mol. The van der Waals surface area contributed by atoms with E-state index in [1.165, 1.54) is 14.0 Å². The quantitative estimate of drug-likeness (QED) is 0.760.